The van der Waals surface area contributed by atoms with Gasteiger partial charge in [0, 0.05) is 16.7 Å². The smallest absolute Gasteiger partial charge is 0.280 e. The second kappa shape index (κ2) is 8.18. The molecule has 0 fully saturated rings. The monoisotopic (exact) mass is 450 g/mol. The van der Waals surface area contributed by atoms with Crippen LogP contribution in [0.1, 0.15) is 33.5 Å². The summed E-state index contributed by atoms with van der Waals surface area (Å²) in [6.45, 7) is 2.12. The Morgan fingerprint density at radius 3 is 2.53 bits per heavy atom. The van der Waals surface area contributed by atoms with Crippen LogP contribution in [-0.2, 0) is 16.9 Å². The van der Waals surface area contributed by atoms with Crippen molar-refractivity contribution in [3.8, 4) is 0 Å². The molecule has 1 heterocycles. The van der Waals surface area contributed by atoms with E-state index in [0.717, 1.165) is 11.1 Å². The number of nitro groups is 1. The number of para-hydroxylation sites is 1. The fourth-order valence-corrected chi connectivity index (χ4v) is 4.18. The summed E-state index contributed by atoms with van der Waals surface area (Å²) in [6.07, 6.45) is -0.645. The van der Waals surface area contributed by atoms with Gasteiger partial charge in [0.1, 0.15) is 0 Å². The van der Waals surface area contributed by atoms with Gasteiger partial charge < -0.3 is 10.0 Å². The van der Waals surface area contributed by atoms with Crippen LogP contribution in [0.15, 0.2) is 66.7 Å². The molecule has 0 aliphatic carbocycles. The van der Waals surface area contributed by atoms with Crippen molar-refractivity contribution in [3.05, 3.63) is 104 Å². The Morgan fingerprint density at radius 1 is 1.12 bits per heavy atom. The third-order valence-electron chi connectivity index (χ3n) is 5.70. The number of anilines is 1. The van der Waals surface area contributed by atoms with Crippen LogP contribution in [0.5, 0.6) is 0 Å². The van der Waals surface area contributed by atoms with E-state index in [2.05, 4.69) is 0 Å². The van der Waals surface area contributed by atoms with Crippen LogP contribution >= 0.6 is 11.6 Å². The largest absolute Gasteiger partial charge is 0.375 e. The van der Waals surface area contributed by atoms with Crippen LogP contribution in [0.4, 0.5) is 11.4 Å². The number of nitrogens with zero attached hydrogens (tertiary/aromatic N) is 2. The van der Waals surface area contributed by atoms with E-state index < -0.39 is 28.6 Å². The number of carbonyl (C=O) groups excluding carboxylic acids is 2. The summed E-state index contributed by atoms with van der Waals surface area (Å²) >= 11 is 6.14. The first-order valence-corrected chi connectivity index (χ1v) is 10.3. The minimum atomic E-state index is -2.19. The lowest BCUT2D eigenvalue weighted by Crippen LogP contribution is -2.41. The summed E-state index contributed by atoms with van der Waals surface area (Å²) in [4.78, 5) is 38.6. The molecule has 8 heteroatoms. The number of aryl methyl sites for hydroxylation is 1. The van der Waals surface area contributed by atoms with Crippen molar-refractivity contribution in [1.29, 1.82) is 0 Å². The topological polar surface area (TPSA) is 101 Å². The van der Waals surface area contributed by atoms with Crippen LogP contribution in [-0.4, -0.2) is 21.7 Å². The zero-order chi connectivity index (χ0) is 23.0. The maximum atomic E-state index is 13.4. The molecule has 0 saturated carbocycles. The predicted octanol–water partition coefficient (Wildman–Crippen LogP) is 4.56. The number of benzene rings is 3. The van der Waals surface area contributed by atoms with Crippen molar-refractivity contribution >= 4 is 34.7 Å². The molecule has 1 amide bonds. The molecule has 4 rings (SSSR count). The molecular formula is C24H19ClN2O5. The molecule has 0 radical (unpaired) electrons. The number of nitro benzene ring substituents is 1. The average molecular weight is 451 g/mol. The van der Waals surface area contributed by atoms with E-state index in [1.165, 1.54) is 35.2 Å². The van der Waals surface area contributed by atoms with Crippen molar-refractivity contribution in [2.24, 2.45) is 0 Å². The number of hydrogen-bond donors (Lipinski definition) is 1. The van der Waals surface area contributed by atoms with Crippen LogP contribution < -0.4 is 4.90 Å². The van der Waals surface area contributed by atoms with Gasteiger partial charge in [-0.1, -0.05) is 48.0 Å². The lowest BCUT2D eigenvalue weighted by atomic mass is 9.87. The van der Waals surface area contributed by atoms with E-state index in [9.17, 15) is 24.8 Å². The lowest BCUT2D eigenvalue weighted by molar-refractivity contribution is -0.385. The summed E-state index contributed by atoms with van der Waals surface area (Å²) in [7, 11) is 0. The Kier molecular flexibility index (Phi) is 5.54. The van der Waals surface area contributed by atoms with Gasteiger partial charge in [-0.25, -0.2) is 0 Å². The molecule has 1 N–H and O–H groups in total. The molecule has 1 aliphatic heterocycles. The third-order valence-corrected chi connectivity index (χ3v) is 5.94. The van der Waals surface area contributed by atoms with Crippen LogP contribution in [0.3, 0.4) is 0 Å². The SMILES string of the molecule is Cc1ccccc1CN1C(=O)C(O)(CC(=O)c2ccccc2[N+](=O)[O-])c2cc(Cl)ccc21. The van der Waals surface area contributed by atoms with Gasteiger partial charge in [0.15, 0.2) is 11.4 Å². The van der Waals surface area contributed by atoms with Gasteiger partial charge in [0.25, 0.3) is 11.6 Å². The Balaban J connectivity index is 1.75. The third kappa shape index (κ3) is 3.66. The number of Topliss-reactive ketones (excluding diaryl/α,β-unsaturated/α-hetero) is 1. The normalized spacial score (nSPS) is 17.3. The van der Waals surface area contributed by atoms with Gasteiger partial charge in [-0.3, -0.25) is 19.7 Å². The maximum Gasteiger partial charge on any atom is 0.280 e. The number of carbonyl (C=O) groups is 2. The van der Waals surface area contributed by atoms with Crippen molar-refractivity contribution in [2.75, 3.05) is 4.90 Å². The number of ketones is 1. The van der Waals surface area contributed by atoms with E-state index in [-0.39, 0.29) is 23.4 Å². The molecule has 0 aromatic heterocycles. The standard InChI is InChI=1S/C24H19ClN2O5/c1-15-6-2-3-7-16(15)14-26-21-11-10-17(25)12-19(21)24(30,23(26)29)13-22(28)18-8-4-5-9-20(18)27(31)32/h2-12,30H,13-14H2,1H3. The molecule has 0 saturated heterocycles. The second-order valence-corrected chi connectivity index (χ2v) is 8.15. The number of amides is 1. The van der Waals surface area contributed by atoms with Gasteiger partial charge in [0.05, 0.1) is 29.1 Å². The van der Waals surface area contributed by atoms with E-state index in [1.807, 2.05) is 31.2 Å². The highest BCUT2D eigenvalue weighted by Crippen LogP contribution is 2.45. The van der Waals surface area contributed by atoms with Gasteiger partial charge in [-0.2, -0.15) is 0 Å². The first-order valence-electron chi connectivity index (χ1n) is 9.88. The van der Waals surface area contributed by atoms with E-state index in [1.54, 1.807) is 12.1 Å². The lowest BCUT2D eigenvalue weighted by Gasteiger charge is -2.23. The van der Waals surface area contributed by atoms with Gasteiger partial charge in [-0.05, 0) is 42.3 Å². The average Bonchev–Trinajstić information content (AvgIpc) is 2.96. The Hall–Kier alpha value is -3.55. The predicted molar refractivity (Wildman–Crippen MR) is 120 cm³/mol. The molecule has 0 bridgehead atoms. The number of rotatable bonds is 6. The summed E-state index contributed by atoms with van der Waals surface area (Å²) in [6, 6.07) is 17.7. The van der Waals surface area contributed by atoms with E-state index in [0.29, 0.717) is 10.7 Å². The molecule has 7 nitrogen and oxygen atoms in total. The molecule has 162 valence electrons. The Bertz CT molecular complexity index is 1260. The van der Waals surface area contributed by atoms with Gasteiger partial charge in [-0.15, -0.1) is 0 Å². The molecule has 1 aliphatic rings. The molecule has 1 atom stereocenters. The van der Waals surface area contributed by atoms with Crippen molar-refractivity contribution in [2.45, 2.75) is 25.5 Å². The van der Waals surface area contributed by atoms with Crippen LogP contribution in [0.2, 0.25) is 5.02 Å². The summed E-state index contributed by atoms with van der Waals surface area (Å²) in [5.41, 5.74) is -0.229. The van der Waals surface area contributed by atoms with E-state index in [4.69, 9.17) is 11.6 Å². The van der Waals surface area contributed by atoms with Gasteiger partial charge >= 0.3 is 0 Å². The summed E-state index contributed by atoms with van der Waals surface area (Å²) in [5, 5.41) is 23.1. The maximum absolute atomic E-state index is 13.4. The quantitative estimate of drug-likeness (QED) is 0.337. The molecular weight excluding hydrogens is 432 g/mol. The molecule has 1 unspecified atom stereocenters. The summed E-state index contributed by atoms with van der Waals surface area (Å²) < 4.78 is 0. The van der Waals surface area contributed by atoms with Crippen molar-refractivity contribution in [1.82, 2.24) is 0 Å². The first kappa shape index (κ1) is 21.7. The van der Waals surface area contributed by atoms with Gasteiger partial charge in [0.2, 0.25) is 0 Å². The number of halogens is 1. The zero-order valence-corrected chi connectivity index (χ0v) is 17.9. The van der Waals surface area contributed by atoms with Crippen LogP contribution in [0, 0.1) is 17.0 Å². The minimum Gasteiger partial charge on any atom is -0.375 e. The number of hydrogen-bond acceptors (Lipinski definition) is 5. The van der Waals surface area contributed by atoms with Crippen molar-refractivity contribution < 1.29 is 19.6 Å². The number of aliphatic hydroxyl groups is 1. The highest BCUT2D eigenvalue weighted by molar-refractivity contribution is 6.31. The first-order chi connectivity index (χ1) is 15.2. The fourth-order valence-electron chi connectivity index (χ4n) is 4.00. The molecule has 3 aromatic rings. The molecule has 0 spiro atoms. The highest BCUT2D eigenvalue weighted by Gasteiger charge is 2.51. The fraction of sp³-hybridized carbons (Fsp3) is 0.167. The zero-order valence-electron chi connectivity index (χ0n) is 17.1. The number of fused-ring (bicyclic) bond motifs is 1. The van der Waals surface area contributed by atoms with Crippen molar-refractivity contribution in [3.63, 3.8) is 0 Å². The highest BCUT2D eigenvalue weighted by atomic mass is 35.5. The Morgan fingerprint density at radius 2 is 1.81 bits per heavy atom. The molecule has 32 heavy (non-hydrogen) atoms. The Labute approximate surface area is 189 Å². The minimum absolute atomic E-state index is 0.167. The van der Waals surface area contributed by atoms with Crippen LogP contribution in [0.25, 0.3) is 0 Å². The van der Waals surface area contributed by atoms with E-state index >= 15 is 0 Å². The summed E-state index contributed by atoms with van der Waals surface area (Å²) in [5.74, 6) is -1.39. The second-order valence-electron chi connectivity index (χ2n) is 7.71. The molecule has 3 aromatic carbocycles.